The van der Waals surface area contributed by atoms with Crippen LogP contribution >= 0.6 is 0 Å². The molecule has 1 heterocycles. The van der Waals surface area contributed by atoms with Crippen molar-refractivity contribution in [1.29, 1.82) is 0 Å². The van der Waals surface area contributed by atoms with Gasteiger partial charge in [0.2, 0.25) is 0 Å². The zero-order valence-electron chi connectivity index (χ0n) is 7.48. The molecule has 0 amide bonds. The van der Waals surface area contributed by atoms with Crippen LogP contribution in [0.5, 0.6) is 0 Å². The largest absolute Gasteiger partial charge is 0.481 e. The molecule has 5 heteroatoms. The maximum Gasteiger partial charge on any atom is 0.303 e. The average molecular weight is 189 g/mol. The standard InChI is InChI=1S/C8H15NO4/c10-7(1-2-8(11)12)9-3-5-13-6-4-9/h7,10H,1-6H2,(H,11,12). The van der Waals surface area contributed by atoms with Crippen LogP contribution in [0.2, 0.25) is 0 Å². The molecule has 0 radical (unpaired) electrons. The summed E-state index contributed by atoms with van der Waals surface area (Å²) < 4.78 is 5.11. The van der Waals surface area contributed by atoms with Crippen LogP contribution in [0.3, 0.4) is 0 Å². The quantitative estimate of drug-likeness (QED) is 0.624. The number of carboxylic acid groups (broad SMARTS) is 1. The van der Waals surface area contributed by atoms with Crippen LogP contribution in [-0.4, -0.2) is 53.6 Å². The Kier molecular flexibility index (Phi) is 4.14. The fourth-order valence-corrected chi connectivity index (χ4v) is 1.31. The lowest BCUT2D eigenvalue weighted by molar-refractivity contribution is -0.139. The van der Waals surface area contributed by atoms with Crippen molar-refractivity contribution < 1.29 is 19.7 Å². The third-order valence-corrected chi connectivity index (χ3v) is 2.08. The van der Waals surface area contributed by atoms with Gasteiger partial charge in [0.05, 0.1) is 13.2 Å². The minimum absolute atomic E-state index is 0.0124. The number of hydrogen-bond donors (Lipinski definition) is 2. The van der Waals surface area contributed by atoms with Gasteiger partial charge in [-0.25, -0.2) is 0 Å². The molecule has 2 N–H and O–H groups in total. The maximum absolute atomic E-state index is 10.2. The molecule has 0 bridgehead atoms. The van der Waals surface area contributed by atoms with Gasteiger partial charge in [0.1, 0.15) is 6.23 Å². The Morgan fingerprint density at radius 1 is 1.46 bits per heavy atom. The number of morpholine rings is 1. The summed E-state index contributed by atoms with van der Waals surface area (Å²) in [6.45, 7) is 2.59. The first-order valence-electron chi connectivity index (χ1n) is 4.42. The molecule has 76 valence electrons. The topological polar surface area (TPSA) is 70.0 Å². The second-order valence-corrected chi connectivity index (χ2v) is 3.06. The molecular weight excluding hydrogens is 174 g/mol. The molecule has 1 saturated heterocycles. The molecule has 13 heavy (non-hydrogen) atoms. The maximum atomic E-state index is 10.2. The predicted molar refractivity (Wildman–Crippen MR) is 45.3 cm³/mol. The summed E-state index contributed by atoms with van der Waals surface area (Å²) in [7, 11) is 0. The summed E-state index contributed by atoms with van der Waals surface area (Å²) in [6.07, 6.45) is -0.339. The summed E-state index contributed by atoms with van der Waals surface area (Å²) in [5.74, 6) is -0.868. The molecule has 1 unspecified atom stereocenters. The predicted octanol–water partition coefficient (Wildman–Crippen LogP) is -0.498. The van der Waals surface area contributed by atoms with Crippen LogP contribution < -0.4 is 0 Å². The molecule has 1 aliphatic rings. The third-order valence-electron chi connectivity index (χ3n) is 2.08. The van der Waals surface area contributed by atoms with Gasteiger partial charge in [-0.2, -0.15) is 0 Å². The van der Waals surface area contributed by atoms with Gasteiger partial charge in [0, 0.05) is 19.5 Å². The van der Waals surface area contributed by atoms with Crippen molar-refractivity contribution in [3.05, 3.63) is 0 Å². The van der Waals surface area contributed by atoms with Crippen molar-refractivity contribution in [2.24, 2.45) is 0 Å². The monoisotopic (exact) mass is 189 g/mol. The van der Waals surface area contributed by atoms with E-state index in [1.165, 1.54) is 0 Å². The fourth-order valence-electron chi connectivity index (χ4n) is 1.31. The molecule has 1 atom stereocenters. The van der Waals surface area contributed by atoms with E-state index in [0.29, 0.717) is 26.3 Å². The molecule has 0 aromatic rings. The Bertz CT molecular complexity index is 168. The second kappa shape index (κ2) is 5.16. The van der Waals surface area contributed by atoms with Gasteiger partial charge in [0.15, 0.2) is 0 Å². The first-order chi connectivity index (χ1) is 6.20. The Balaban J connectivity index is 2.20. The van der Waals surface area contributed by atoms with E-state index in [2.05, 4.69) is 0 Å². The number of aliphatic hydroxyl groups excluding tert-OH is 1. The third kappa shape index (κ3) is 3.71. The number of aliphatic hydroxyl groups is 1. The van der Waals surface area contributed by atoms with E-state index in [9.17, 15) is 9.90 Å². The van der Waals surface area contributed by atoms with Gasteiger partial charge in [-0.05, 0) is 6.42 Å². The molecule has 0 saturated carbocycles. The molecule has 5 nitrogen and oxygen atoms in total. The lowest BCUT2D eigenvalue weighted by Crippen LogP contribution is -2.43. The summed E-state index contributed by atoms with van der Waals surface area (Å²) >= 11 is 0. The number of hydrogen-bond acceptors (Lipinski definition) is 4. The molecule has 1 aliphatic heterocycles. The van der Waals surface area contributed by atoms with Crippen LogP contribution in [-0.2, 0) is 9.53 Å². The Hall–Kier alpha value is -0.650. The van der Waals surface area contributed by atoms with Crippen molar-refractivity contribution in [3.8, 4) is 0 Å². The molecule has 0 aromatic carbocycles. The summed E-state index contributed by atoms with van der Waals surface area (Å²) in [5, 5.41) is 17.9. The zero-order chi connectivity index (χ0) is 9.68. The highest BCUT2D eigenvalue weighted by atomic mass is 16.5. The van der Waals surface area contributed by atoms with Gasteiger partial charge < -0.3 is 14.9 Å². The van der Waals surface area contributed by atoms with E-state index in [4.69, 9.17) is 9.84 Å². The van der Waals surface area contributed by atoms with Crippen molar-refractivity contribution in [2.45, 2.75) is 19.1 Å². The molecule has 0 aromatic heterocycles. The van der Waals surface area contributed by atoms with E-state index >= 15 is 0 Å². The highest BCUT2D eigenvalue weighted by Gasteiger charge is 2.18. The molecule has 0 spiro atoms. The lowest BCUT2D eigenvalue weighted by Gasteiger charge is -2.30. The highest BCUT2D eigenvalue weighted by Crippen LogP contribution is 2.06. The Morgan fingerprint density at radius 2 is 2.08 bits per heavy atom. The smallest absolute Gasteiger partial charge is 0.303 e. The van der Waals surface area contributed by atoms with Crippen molar-refractivity contribution in [2.75, 3.05) is 26.3 Å². The SMILES string of the molecule is O=C(O)CCC(O)N1CCOCC1. The van der Waals surface area contributed by atoms with Crippen molar-refractivity contribution in [3.63, 3.8) is 0 Å². The first-order valence-corrected chi connectivity index (χ1v) is 4.42. The average Bonchev–Trinajstić information content (AvgIpc) is 2.15. The lowest BCUT2D eigenvalue weighted by atomic mass is 10.2. The van der Waals surface area contributed by atoms with Gasteiger partial charge in [-0.1, -0.05) is 0 Å². The van der Waals surface area contributed by atoms with Gasteiger partial charge in [-0.3, -0.25) is 9.69 Å². The fraction of sp³-hybridized carbons (Fsp3) is 0.875. The van der Waals surface area contributed by atoms with Gasteiger partial charge >= 0.3 is 5.97 Å². The molecule has 0 aliphatic carbocycles. The molecule has 1 rings (SSSR count). The highest BCUT2D eigenvalue weighted by molar-refractivity contribution is 5.66. The molecule has 1 fully saturated rings. The molecular formula is C8H15NO4. The van der Waals surface area contributed by atoms with E-state index < -0.39 is 12.2 Å². The number of carbonyl (C=O) groups is 1. The number of nitrogens with zero attached hydrogens (tertiary/aromatic N) is 1. The number of aliphatic carboxylic acids is 1. The minimum Gasteiger partial charge on any atom is -0.481 e. The second-order valence-electron chi connectivity index (χ2n) is 3.06. The first kappa shape index (κ1) is 10.4. The van der Waals surface area contributed by atoms with E-state index in [1.807, 2.05) is 4.90 Å². The summed E-state index contributed by atoms with van der Waals surface area (Å²) in [6, 6.07) is 0. The Morgan fingerprint density at radius 3 is 2.62 bits per heavy atom. The number of rotatable bonds is 4. The van der Waals surface area contributed by atoms with Crippen LogP contribution in [0, 0.1) is 0 Å². The zero-order valence-corrected chi connectivity index (χ0v) is 7.48. The van der Waals surface area contributed by atoms with E-state index in [0.717, 1.165) is 0 Å². The van der Waals surface area contributed by atoms with Crippen LogP contribution in [0.1, 0.15) is 12.8 Å². The van der Waals surface area contributed by atoms with Crippen LogP contribution in [0.25, 0.3) is 0 Å². The Labute approximate surface area is 76.9 Å². The number of ether oxygens (including phenoxy) is 1. The van der Waals surface area contributed by atoms with E-state index in [1.54, 1.807) is 0 Å². The number of carboxylic acids is 1. The van der Waals surface area contributed by atoms with Gasteiger partial charge in [0.25, 0.3) is 0 Å². The van der Waals surface area contributed by atoms with Gasteiger partial charge in [-0.15, -0.1) is 0 Å². The van der Waals surface area contributed by atoms with Crippen LogP contribution in [0.15, 0.2) is 0 Å². The van der Waals surface area contributed by atoms with Crippen molar-refractivity contribution >= 4 is 5.97 Å². The van der Waals surface area contributed by atoms with Crippen molar-refractivity contribution in [1.82, 2.24) is 4.90 Å². The normalized spacial score (nSPS) is 21.3. The summed E-state index contributed by atoms with van der Waals surface area (Å²) in [5.41, 5.74) is 0. The van der Waals surface area contributed by atoms with E-state index in [-0.39, 0.29) is 12.8 Å². The van der Waals surface area contributed by atoms with Crippen LogP contribution in [0.4, 0.5) is 0 Å². The summed E-state index contributed by atoms with van der Waals surface area (Å²) in [4.78, 5) is 12.1. The minimum atomic E-state index is -0.868.